The van der Waals surface area contributed by atoms with Crippen LogP contribution in [0.2, 0.25) is 10.0 Å². The highest BCUT2D eigenvalue weighted by Crippen LogP contribution is 2.35. The van der Waals surface area contributed by atoms with Crippen LogP contribution < -0.4 is 5.32 Å². The average Bonchev–Trinajstić information content (AvgIpc) is 3.25. The fourth-order valence-electron chi connectivity index (χ4n) is 7.72. The number of hydrogen-bond donors (Lipinski definition) is 2. The van der Waals surface area contributed by atoms with Crippen LogP contribution in [0.25, 0.3) is 0 Å². The molecule has 0 aromatic heterocycles. The summed E-state index contributed by atoms with van der Waals surface area (Å²) in [5, 5.41) is 13.3. The summed E-state index contributed by atoms with van der Waals surface area (Å²) in [6, 6.07) is 10.8. The molecular formula is C35H45Cl2N5O5. The Balaban J connectivity index is 1.08. The van der Waals surface area contributed by atoms with Gasteiger partial charge in [0.25, 0.3) is 5.91 Å². The van der Waals surface area contributed by atoms with Crippen LogP contribution in [0.15, 0.2) is 36.4 Å². The average molecular weight is 687 g/mol. The first kappa shape index (κ1) is 33.7. The number of carbonyl (C=O) groups excluding carboxylic acids is 3. The van der Waals surface area contributed by atoms with Crippen molar-refractivity contribution < 1.29 is 24.2 Å². The Bertz CT molecular complexity index is 1430. The van der Waals surface area contributed by atoms with Crippen LogP contribution in [0.4, 0.5) is 15.3 Å². The van der Waals surface area contributed by atoms with Crippen LogP contribution >= 0.6 is 23.2 Å². The molecule has 254 valence electrons. The van der Waals surface area contributed by atoms with Gasteiger partial charge in [-0.15, -0.1) is 0 Å². The first-order valence-corrected chi connectivity index (χ1v) is 17.7. The van der Waals surface area contributed by atoms with Crippen LogP contribution in [0.5, 0.6) is 5.75 Å². The third kappa shape index (κ3) is 7.92. The first-order valence-electron chi connectivity index (χ1n) is 16.9. The topological polar surface area (TPSA) is 106 Å². The molecule has 0 unspecified atom stereocenters. The molecule has 6 rings (SSSR count). The van der Waals surface area contributed by atoms with E-state index in [0.717, 1.165) is 43.6 Å². The lowest BCUT2D eigenvalue weighted by Gasteiger charge is -2.40. The smallest absolute Gasteiger partial charge is 0.410 e. The Morgan fingerprint density at radius 3 is 2.15 bits per heavy atom. The van der Waals surface area contributed by atoms with Crippen molar-refractivity contribution in [3.05, 3.63) is 57.6 Å². The number of hydrogen-bond acceptors (Lipinski definition) is 6. The Morgan fingerprint density at radius 2 is 1.49 bits per heavy atom. The summed E-state index contributed by atoms with van der Waals surface area (Å²) in [6.45, 7) is 4.95. The minimum atomic E-state index is -1.06. The van der Waals surface area contributed by atoms with Gasteiger partial charge in [0.2, 0.25) is 0 Å². The lowest BCUT2D eigenvalue weighted by Crippen LogP contribution is -2.52. The second-order valence-corrected chi connectivity index (χ2v) is 14.4. The maximum Gasteiger partial charge on any atom is 0.410 e. The largest absolute Gasteiger partial charge is 0.505 e. The highest BCUT2D eigenvalue weighted by Gasteiger charge is 2.37. The molecular weight excluding hydrogens is 641 g/mol. The number of phenolic OH excluding ortho intramolecular Hbond substituents is 1. The molecule has 0 spiro atoms. The fourth-order valence-corrected chi connectivity index (χ4v) is 8.25. The SMILES string of the molecule is CN1CCC(C2CCN(C(=O)[C@@H](Cc3cc(Cl)c(O)c(Cl)c3)OC(=O)N3CCC(N4CCc5ccccc5NC4=O)CC3)CC2)CC1. The molecule has 4 aliphatic heterocycles. The Hall–Kier alpha value is -3.21. The number of halogens is 2. The molecule has 3 fully saturated rings. The molecule has 1 atom stereocenters. The number of likely N-dealkylation sites (tertiary alicyclic amines) is 3. The summed E-state index contributed by atoms with van der Waals surface area (Å²) in [5.74, 6) is 0.844. The number of urea groups is 1. The van der Waals surface area contributed by atoms with E-state index in [1.165, 1.54) is 12.8 Å². The van der Waals surface area contributed by atoms with E-state index in [4.69, 9.17) is 27.9 Å². The Labute approximate surface area is 286 Å². The highest BCUT2D eigenvalue weighted by atomic mass is 35.5. The molecule has 0 saturated carbocycles. The predicted octanol–water partition coefficient (Wildman–Crippen LogP) is 5.88. The van der Waals surface area contributed by atoms with E-state index < -0.39 is 12.2 Å². The maximum atomic E-state index is 14.0. The van der Waals surface area contributed by atoms with Gasteiger partial charge in [-0.1, -0.05) is 41.4 Å². The van der Waals surface area contributed by atoms with Gasteiger partial charge in [-0.25, -0.2) is 9.59 Å². The molecule has 12 heteroatoms. The van der Waals surface area contributed by atoms with Crippen LogP contribution in [0, 0.1) is 11.8 Å². The summed E-state index contributed by atoms with van der Waals surface area (Å²) < 4.78 is 5.99. The monoisotopic (exact) mass is 685 g/mol. The van der Waals surface area contributed by atoms with Crippen molar-refractivity contribution in [1.82, 2.24) is 19.6 Å². The van der Waals surface area contributed by atoms with Crippen molar-refractivity contribution in [2.75, 3.05) is 58.2 Å². The second kappa shape index (κ2) is 14.9. The number of anilines is 1. The molecule has 4 heterocycles. The van der Waals surface area contributed by atoms with Gasteiger partial charge < -0.3 is 34.8 Å². The summed E-state index contributed by atoms with van der Waals surface area (Å²) >= 11 is 12.4. The molecule has 47 heavy (non-hydrogen) atoms. The van der Waals surface area contributed by atoms with E-state index in [-0.39, 0.29) is 40.2 Å². The molecule has 3 saturated heterocycles. The highest BCUT2D eigenvalue weighted by molar-refractivity contribution is 6.37. The molecule has 10 nitrogen and oxygen atoms in total. The van der Waals surface area contributed by atoms with Crippen molar-refractivity contribution in [1.29, 1.82) is 0 Å². The normalized spacial score (nSPS) is 21.2. The minimum Gasteiger partial charge on any atom is -0.505 e. The van der Waals surface area contributed by atoms with Crippen LogP contribution in [-0.2, 0) is 22.4 Å². The van der Waals surface area contributed by atoms with E-state index in [0.29, 0.717) is 63.0 Å². The van der Waals surface area contributed by atoms with Gasteiger partial charge in [-0.2, -0.15) is 0 Å². The van der Waals surface area contributed by atoms with Crippen molar-refractivity contribution in [3.63, 3.8) is 0 Å². The van der Waals surface area contributed by atoms with Gasteiger partial charge in [0.05, 0.1) is 10.0 Å². The van der Waals surface area contributed by atoms with E-state index in [1.807, 2.05) is 34.1 Å². The number of benzene rings is 2. The number of ether oxygens (including phenoxy) is 1. The van der Waals surface area contributed by atoms with Crippen molar-refractivity contribution in [2.45, 2.75) is 63.5 Å². The zero-order valence-electron chi connectivity index (χ0n) is 27.0. The Morgan fingerprint density at radius 1 is 0.894 bits per heavy atom. The molecule has 0 radical (unpaired) electrons. The van der Waals surface area contributed by atoms with E-state index in [1.54, 1.807) is 17.0 Å². The number of amides is 4. The molecule has 0 bridgehead atoms. The van der Waals surface area contributed by atoms with Crippen LogP contribution in [0.3, 0.4) is 0 Å². The summed E-state index contributed by atoms with van der Waals surface area (Å²) in [5.41, 5.74) is 2.55. The number of para-hydroxylation sites is 1. The van der Waals surface area contributed by atoms with Gasteiger partial charge in [-0.05, 0) is 106 Å². The van der Waals surface area contributed by atoms with Crippen LogP contribution in [0.1, 0.15) is 49.7 Å². The third-order valence-corrected chi connectivity index (χ3v) is 11.2. The van der Waals surface area contributed by atoms with Gasteiger partial charge in [0.15, 0.2) is 11.9 Å². The maximum absolute atomic E-state index is 14.0. The van der Waals surface area contributed by atoms with Crippen molar-refractivity contribution >= 4 is 46.9 Å². The standard InChI is InChI=1S/C35H45Cl2N5O5/c1-39-13-6-24(7-14-39)25-8-15-40(16-9-25)33(44)31(22-23-20-28(36)32(43)29(37)21-23)47-35(46)41-17-11-27(12-18-41)42-19-10-26-4-2-3-5-30(26)38-34(42)45/h2-5,20-21,24-25,27,31,43H,6-19,22H2,1H3,(H,38,45)/t31-/m1/s1. The number of nitrogens with zero attached hydrogens (tertiary/aromatic N) is 4. The summed E-state index contributed by atoms with van der Waals surface area (Å²) in [7, 11) is 2.17. The number of fused-ring (bicyclic) bond motifs is 1. The molecule has 2 N–H and O–H groups in total. The quantitative estimate of drug-likeness (QED) is 0.394. The number of carbonyl (C=O) groups is 3. The van der Waals surface area contributed by atoms with Crippen LogP contribution in [-0.4, -0.2) is 108 Å². The molecule has 4 amide bonds. The zero-order chi connectivity index (χ0) is 33.1. The van der Waals surface area contributed by atoms with E-state index in [9.17, 15) is 19.5 Å². The number of phenols is 1. The van der Waals surface area contributed by atoms with Crippen molar-refractivity contribution in [3.8, 4) is 5.75 Å². The van der Waals surface area contributed by atoms with Gasteiger partial charge in [0.1, 0.15) is 0 Å². The fraction of sp³-hybridized carbons (Fsp3) is 0.571. The third-order valence-electron chi connectivity index (χ3n) is 10.6. The lowest BCUT2D eigenvalue weighted by molar-refractivity contribution is -0.142. The molecule has 2 aromatic rings. The lowest BCUT2D eigenvalue weighted by atomic mass is 9.79. The van der Waals surface area contributed by atoms with Gasteiger partial charge in [0, 0.05) is 50.9 Å². The molecule has 2 aromatic carbocycles. The van der Waals surface area contributed by atoms with Gasteiger partial charge >= 0.3 is 12.1 Å². The number of aromatic hydroxyl groups is 1. The zero-order valence-corrected chi connectivity index (χ0v) is 28.5. The van der Waals surface area contributed by atoms with Crippen molar-refractivity contribution in [2.24, 2.45) is 11.8 Å². The van der Waals surface area contributed by atoms with Gasteiger partial charge in [-0.3, -0.25) is 4.79 Å². The Kier molecular flexibility index (Phi) is 10.7. The number of nitrogens with one attached hydrogen (secondary N) is 1. The summed E-state index contributed by atoms with van der Waals surface area (Å²) in [6.07, 6.45) is 4.76. The minimum absolute atomic E-state index is 0.00192. The first-order chi connectivity index (χ1) is 22.7. The number of piperidine rings is 3. The molecule has 0 aliphatic carbocycles. The van der Waals surface area contributed by atoms with E-state index >= 15 is 0 Å². The van der Waals surface area contributed by atoms with E-state index in [2.05, 4.69) is 17.3 Å². The number of rotatable bonds is 6. The predicted molar refractivity (Wildman–Crippen MR) is 182 cm³/mol. The second-order valence-electron chi connectivity index (χ2n) is 13.5. The molecule has 4 aliphatic rings. The summed E-state index contributed by atoms with van der Waals surface area (Å²) in [4.78, 5) is 48.3.